The number of hydrogen-bond donors (Lipinski definition) is 0. The van der Waals surface area contributed by atoms with Gasteiger partial charge >= 0.3 is 6.09 Å². The molecule has 4 nitrogen and oxygen atoms in total. The van der Waals surface area contributed by atoms with Crippen molar-refractivity contribution in [2.45, 2.75) is 32.1 Å². The van der Waals surface area contributed by atoms with Crippen molar-refractivity contribution < 1.29 is 14.3 Å². The number of nitrogens with zero attached hydrogens (tertiary/aromatic N) is 1. The normalized spacial score (nSPS) is 16.2. The van der Waals surface area contributed by atoms with Crippen LogP contribution >= 0.6 is 0 Å². The van der Waals surface area contributed by atoms with Crippen molar-refractivity contribution in [2.24, 2.45) is 5.92 Å². The Morgan fingerprint density at radius 2 is 2.17 bits per heavy atom. The molecule has 0 radical (unpaired) electrons. The van der Waals surface area contributed by atoms with Crippen LogP contribution in [0.3, 0.4) is 0 Å². The third kappa shape index (κ3) is 4.02. The molecule has 0 spiro atoms. The summed E-state index contributed by atoms with van der Waals surface area (Å²) in [5, 5.41) is 0. The zero-order valence-corrected chi connectivity index (χ0v) is 10.8. The van der Waals surface area contributed by atoms with Gasteiger partial charge in [0, 0.05) is 5.92 Å². The van der Waals surface area contributed by atoms with Gasteiger partial charge in [-0.15, -0.1) is 13.2 Å². The summed E-state index contributed by atoms with van der Waals surface area (Å²) in [5.41, 5.74) is 0. The zero-order valence-electron chi connectivity index (χ0n) is 10.8. The molecule has 0 saturated carbocycles. The van der Waals surface area contributed by atoms with Crippen molar-refractivity contribution in [1.82, 2.24) is 4.90 Å². The number of cyclic esters (lactones) is 1. The second-order valence-electron chi connectivity index (χ2n) is 4.40. The fraction of sp³-hybridized carbons (Fsp3) is 0.571. The lowest BCUT2D eigenvalue weighted by atomic mass is 9.96. The van der Waals surface area contributed by atoms with E-state index in [-0.39, 0.29) is 11.8 Å². The summed E-state index contributed by atoms with van der Waals surface area (Å²) in [7, 11) is 0. The van der Waals surface area contributed by atoms with Gasteiger partial charge in [0.25, 0.3) is 0 Å². The SMILES string of the molecule is C=CCCCCC(CC=C)C(=O)N1CCOC1=O. The maximum Gasteiger partial charge on any atom is 0.416 e. The molecule has 0 aromatic heterocycles. The van der Waals surface area contributed by atoms with Crippen molar-refractivity contribution >= 4 is 12.0 Å². The first kappa shape index (κ1) is 14.5. The van der Waals surface area contributed by atoms with Crippen LogP contribution in [-0.2, 0) is 9.53 Å². The van der Waals surface area contributed by atoms with Crippen molar-refractivity contribution in [2.75, 3.05) is 13.2 Å². The lowest BCUT2D eigenvalue weighted by Gasteiger charge is -2.19. The summed E-state index contributed by atoms with van der Waals surface area (Å²) in [5.74, 6) is -0.283. The van der Waals surface area contributed by atoms with E-state index >= 15 is 0 Å². The van der Waals surface area contributed by atoms with E-state index in [0.29, 0.717) is 19.6 Å². The molecule has 2 amide bonds. The number of imide groups is 1. The van der Waals surface area contributed by atoms with E-state index in [1.54, 1.807) is 6.08 Å². The average molecular weight is 251 g/mol. The number of hydrogen-bond acceptors (Lipinski definition) is 3. The molecule has 1 atom stereocenters. The molecule has 0 aromatic carbocycles. The number of amides is 2. The fourth-order valence-corrected chi connectivity index (χ4v) is 2.04. The first-order valence-corrected chi connectivity index (χ1v) is 6.40. The summed E-state index contributed by atoms with van der Waals surface area (Å²) in [6, 6.07) is 0. The summed E-state index contributed by atoms with van der Waals surface area (Å²) < 4.78 is 4.79. The molecule has 1 heterocycles. The van der Waals surface area contributed by atoms with Gasteiger partial charge in [0.2, 0.25) is 5.91 Å². The minimum Gasteiger partial charge on any atom is -0.447 e. The summed E-state index contributed by atoms with van der Waals surface area (Å²) in [4.78, 5) is 24.7. The maximum absolute atomic E-state index is 12.2. The van der Waals surface area contributed by atoms with E-state index in [0.717, 1.165) is 25.7 Å². The van der Waals surface area contributed by atoms with Crippen molar-refractivity contribution in [3.63, 3.8) is 0 Å². The number of carbonyl (C=O) groups is 2. The number of ether oxygens (including phenoxy) is 1. The fourth-order valence-electron chi connectivity index (χ4n) is 2.04. The summed E-state index contributed by atoms with van der Waals surface area (Å²) in [6.45, 7) is 8.02. The van der Waals surface area contributed by atoms with Gasteiger partial charge in [-0.25, -0.2) is 9.69 Å². The summed E-state index contributed by atoms with van der Waals surface area (Å²) in [6.07, 6.45) is 7.42. The van der Waals surface area contributed by atoms with Crippen LogP contribution in [0.5, 0.6) is 0 Å². The molecule has 4 heteroatoms. The topological polar surface area (TPSA) is 46.6 Å². The van der Waals surface area contributed by atoms with Crippen LogP contribution in [0, 0.1) is 5.92 Å². The van der Waals surface area contributed by atoms with Crippen LogP contribution in [0.1, 0.15) is 32.1 Å². The molecule has 100 valence electrons. The first-order chi connectivity index (χ1) is 8.70. The molecule has 1 unspecified atom stereocenters. The lowest BCUT2D eigenvalue weighted by molar-refractivity contribution is -0.132. The Labute approximate surface area is 108 Å². The Kier molecular flexibility index (Phi) is 6.19. The van der Waals surface area contributed by atoms with Crippen molar-refractivity contribution in [3.05, 3.63) is 25.3 Å². The number of unbranched alkanes of at least 4 members (excludes halogenated alkanes) is 2. The Hall–Kier alpha value is -1.58. The predicted octanol–water partition coefficient (Wildman–Crippen LogP) is 2.90. The smallest absolute Gasteiger partial charge is 0.416 e. The van der Waals surface area contributed by atoms with Crippen LogP contribution in [0.15, 0.2) is 25.3 Å². The molecule has 1 saturated heterocycles. The standard InChI is InChI=1S/C14H21NO3/c1-3-5-6-7-9-12(8-4-2)13(16)15-10-11-18-14(15)17/h3-4,12H,1-2,5-11H2. The Balaban J connectivity index is 2.48. The van der Waals surface area contributed by atoms with E-state index in [4.69, 9.17) is 4.74 Å². The van der Waals surface area contributed by atoms with E-state index in [9.17, 15) is 9.59 Å². The highest BCUT2D eigenvalue weighted by molar-refractivity contribution is 5.94. The predicted molar refractivity (Wildman–Crippen MR) is 70.0 cm³/mol. The molecule has 0 aliphatic carbocycles. The van der Waals surface area contributed by atoms with Gasteiger partial charge in [-0.1, -0.05) is 18.6 Å². The van der Waals surface area contributed by atoms with Gasteiger partial charge in [0.15, 0.2) is 0 Å². The number of rotatable bonds is 8. The molecular weight excluding hydrogens is 230 g/mol. The largest absolute Gasteiger partial charge is 0.447 e. The first-order valence-electron chi connectivity index (χ1n) is 6.40. The van der Waals surface area contributed by atoms with E-state index in [1.165, 1.54) is 4.90 Å². The molecule has 0 bridgehead atoms. The highest BCUT2D eigenvalue weighted by atomic mass is 16.6. The molecule has 0 aromatic rings. The second kappa shape index (κ2) is 7.69. The highest BCUT2D eigenvalue weighted by Gasteiger charge is 2.32. The average Bonchev–Trinajstić information content (AvgIpc) is 2.78. The van der Waals surface area contributed by atoms with Gasteiger partial charge in [-0.05, 0) is 25.7 Å². The molecule has 1 aliphatic rings. The van der Waals surface area contributed by atoms with Gasteiger partial charge in [-0.2, -0.15) is 0 Å². The van der Waals surface area contributed by atoms with Crippen LogP contribution < -0.4 is 0 Å². The van der Waals surface area contributed by atoms with Gasteiger partial charge < -0.3 is 4.74 Å². The van der Waals surface area contributed by atoms with Crippen LogP contribution in [-0.4, -0.2) is 30.1 Å². The minimum atomic E-state index is -0.514. The van der Waals surface area contributed by atoms with Crippen molar-refractivity contribution in [3.8, 4) is 0 Å². The van der Waals surface area contributed by atoms with Crippen LogP contribution in [0.4, 0.5) is 4.79 Å². The zero-order chi connectivity index (χ0) is 13.4. The van der Waals surface area contributed by atoms with Crippen molar-refractivity contribution in [1.29, 1.82) is 0 Å². The molecule has 1 fully saturated rings. The third-order valence-corrected chi connectivity index (χ3v) is 3.04. The third-order valence-electron chi connectivity index (χ3n) is 3.04. The van der Waals surface area contributed by atoms with Gasteiger partial charge in [-0.3, -0.25) is 4.79 Å². The molecule has 0 N–H and O–H groups in total. The van der Waals surface area contributed by atoms with E-state index in [1.807, 2.05) is 6.08 Å². The van der Waals surface area contributed by atoms with E-state index < -0.39 is 6.09 Å². The highest BCUT2D eigenvalue weighted by Crippen LogP contribution is 2.19. The molecule has 1 rings (SSSR count). The lowest BCUT2D eigenvalue weighted by Crippen LogP contribution is -2.36. The maximum atomic E-state index is 12.2. The Bertz CT molecular complexity index is 325. The quantitative estimate of drug-likeness (QED) is 0.492. The summed E-state index contributed by atoms with van der Waals surface area (Å²) >= 11 is 0. The second-order valence-corrected chi connectivity index (χ2v) is 4.40. The molecular formula is C14H21NO3. The van der Waals surface area contributed by atoms with Crippen LogP contribution in [0.2, 0.25) is 0 Å². The monoisotopic (exact) mass is 251 g/mol. The van der Waals surface area contributed by atoms with Gasteiger partial charge in [0.1, 0.15) is 6.61 Å². The van der Waals surface area contributed by atoms with E-state index in [2.05, 4.69) is 13.2 Å². The number of carbonyl (C=O) groups excluding carboxylic acids is 2. The Morgan fingerprint density at radius 1 is 1.39 bits per heavy atom. The number of allylic oxidation sites excluding steroid dienone is 2. The molecule has 1 aliphatic heterocycles. The van der Waals surface area contributed by atoms with Gasteiger partial charge in [0.05, 0.1) is 6.54 Å². The minimum absolute atomic E-state index is 0.129. The Morgan fingerprint density at radius 3 is 2.72 bits per heavy atom. The molecule has 18 heavy (non-hydrogen) atoms. The van der Waals surface area contributed by atoms with Crippen LogP contribution in [0.25, 0.3) is 0 Å².